The van der Waals surface area contributed by atoms with Gasteiger partial charge >= 0.3 is 0 Å². The quantitative estimate of drug-likeness (QED) is 0.677. The fraction of sp³-hybridized carbons (Fsp3) is 0.500. The molecule has 0 atom stereocenters. The molecule has 2 rings (SSSR count). The summed E-state index contributed by atoms with van der Waals surface area (Å²) in [4.78, 5) is 11.8. The third-order valence-electron chi connectivity index (χ3n) is 3.84. The van der Waals surface area contributed by atoms with E-state index in [4.69, 9.17) is 0 Å². The minimum atomic E-state index is -0.561. The Morgan fingerprint density at radius 2 is 1.90 bits per heavy atom. The topological polar surface area (TPSA) is 40.5 Å². The molecule has 0 saturated carbocycles. The molecule has 0 saturated heterocycles. The van der Waals surface area contributed by atoms with Gasteiger partial charge in [0.15, 0.2) is 0 Å². The Labute approximate surface area is 127 Å². The number of carbonyl (C=O) groups is 1. The van der Waals surface area contributed by atoms with Gasteiger partial charge in [0, 0.05) is 5.41 Å². The zero-order valence-electron chi connectivity index (χ0n) is 13.2. The fourth-order valence-electron chi connectivity index (χ4n) is 2.62. The molecule has 0 unspecified atom stereocenters. The number of fused-ring (bicyclic) bond motifs is 1. The molecule has 1 aliphatic carbocycles. The van der Waals surface area contributed by atoms with E-state index in [1.807, 2.05) is 12.2 Å². The van der Waals surface area contributed by atoms with Crippen molar-refractivity contribution in [2.24, 2.45) is 5.41 Å². The Morgan fingerprint density at radius 1 is 1.24 bits per heavy atom. The molecule has 1 N–H and O–H groups in total. The minimum absolute atomic E-state index is 0.215. The van der Waals surface area contributed by atoms with Crippen LogP contribution in [-0.2, 0) is 17.6 Å². The number of rotatable bonds is 3. The van der Waals surface area contributed by atoms with E-state index in [0.29, 0.717) is 0 Å². The van der Waals surface area contributed by atoms with Crippen LogP contribution in [0.1, 0.15) is 50.3 Å². The second kappa shape index (κ2) is 6.44. The van der Waals surface area contributed by atoms with Gasteiger partial charge in [-0.2, -0.15) is 0 Å². The number of hydroxylamine groups is 2. The van der Waals surface area contributed by atoms with Crippen molar-refractivity contribution in [2.45, 2.75) is 46.5 Å². The number of carbonyl (C=O) groups excluding carboxylic acids is 1. The van der Waals surface area contributed by atoms with Gasteiger partial charge in [0.25, 0.3) is 5.91 Å². The first kappa shape index (κ1) is 15.8. The number of aryl methyl sites for hydroxylation is 2. The molecule has 0 fully saturated rings. The van der Waals surface area contributed by atoms with Crippen LogP contribution in [0.25, 0.3) is 6.08 Å². The molecular formula is C18H25NO2. The summed E-state index contributed by atoms with van der Waals surface area (Å²) in [5, 5.41) is 10.5. The Bertz CT molecular complexity index is 541. The highest BCUT2D eigenvalue weighted by atomic mass is 16.5. The Hall–Kier alpha value is -1.61. The Kier molecular flexibility index (Phi) is 4.84. The van der Waals surface area contributed by atoms with E-state index >= 15 is 0 Å². The minimum Gasteiger partial charge on any atom is -0.286 e. The summed E-state index contributed by atoms with van der Waals surface area (Å²) in [7, 11) is 0. The van der Waals surface area contributed by atoms with Gasteiger partial charge < -0.3 is 0 Å². The molecule has 0 heterocycles. The molecule has 0 bridgehead atoms. The van der Waals surface area contributed by atoms with Crippen LogP contribution in [0.5, 0.6) is 0 Å². The van der Waals surface area contributed by atoms with E-state index in [1.165, 1.54) is 30.4 Å². The molecule has 0 spiro atoms. The maximum atomic E-state index is 11.8. The van der Waals surface area contributed by atoms with E-state index in [9.17, 15) is 10.0 Å². The second-order valence-corrected chi connectivity index (χ2v) is 6.77. The maximum Gasteiger partial charge on any atom is 0.251 e. The summed E-state index contributed by atoms with van der Waals surface area (Å²) >= 11 is 0. The van der Waals surface area contributed by atoms with Crippen LogP contribution in [0.15, 0.2) is 24.3 Å². The zero-order chi connectivity index (χ0) is 15.5. The van der Waals surface area contributed by atoms with Gasteiger partial charge in [-0.05, 0) is 42.4 Å². The van der Waals surface area contributed by atoms with Crippen LogP contribution < -0.4 is 0 Å². The first-order valence-corrected chi connectivity index (χ1v) is 7.67. The lowest BCUT2D eigenvalue weighted by molar-refractivity contribution is -0.172. The number of benzene rings is 1. The van der Waals surface area contributed by atoms with Gasteiger partial charge in [-0.15, -0.1) is 0 Å². The predicted octanol–water partition coefficient (Wildman–Crippen LogP) is 3.84. The van der Waals surface area contributed by atoms with Crippen molar-refractivity contribution in [3.05, 3.63) is 41.0 Å². The van der Waals surface area contributed by atoms with Gasteiger partial charge in [-0.3, -0.25) is 10.0 Å². The largest absolute Gasteiger partial charge is 0.286 e. The Balaban J connectivity index is 1.97. The summed E-state index contributed by atoms with van der Waals surface area (Å²) in [6, 6.07) is 6.53. The monoisotopic (exact) mass is 287 g/mol. The van der Waals surface area contributed by atoms with Crippen molar-refractivity contribution in [3.8, 4) is 0 Å². The lowest BCUT2D eigenvalue weighted by Gasteiger charge is -2.22. The third-order valence-corrected chi connectivity index (χ3v) is 3.84. The number of amides is 1. The highest BCUT2D eigenvalue weighted by Crippen LogP contribution is 2.22. The highest BCUT2D eigenvalue weighted by molar-refractivity contribution is 5.80. The third kappa shape index (κ3) is 4.18. The summed E-state index contributed by atoms with van der Waals surface area (Å²) in [6.45, 7) is 5.61. The molecule has 21 heavy (non-hydrogen) atoms. The van der Waals surface area contributed by atoms with E-state index < -0.39 is 5.41 Å². The van der Waals surface area contributed by atoms with Gasteiger partial charge in [-0.25, -0.2) is 5.06 Å². The molecule has 114 valence electrons. The predicted molar refractivity (Wildman–Crippen MR) is 85.1 cm³/mol. The summed E-state index contributed by atoms with van der Waals surface area (Å²) < 4.78 is 0. The van der Waals surface area contributed by atoms with E-state index in [-0.39, 0.29) is 12.5 Å². The number of hydrogen-bond acceptors (Lipinski definition) is 2. The van der Waals surface area contributed by atoms with E-state index in [1.54, 1.807) is 20.8 Å². The SMILES string of the molecule is CC(C)(C)C(=O)N(O)CC=Cc1ccc2c(c1)CCCC2. The van der Waals surface area contributed by atoms with Gasteiger partial charge in [0.2, 0.25) is 0 Å². The molecule has 0 aliphatic heterocycles. The average molecular weight is 287 g/mol. The molecule has 1 amide bonds. The highest BCUT2D eigenvalue weighted by Gasteiger charge is 2.25. The molecular weight excluding hydrogens is 262 g/mol. The van der Waals surface area contributed by atoms with Crippen molar-refractivity contribution >= 4 is 12.0 Å². The van der Waals surface area contributed by atoms with Gasteiger partial charge in [0.1, 0.15) is 0 Å². The van der Waals surface area contributed by atoms with Crippen LogP contribution in [0.4, 0.5) is 0 Å². The standard InChI is InChI=1S/C18H25NO2/c1-18(2,3)17(20)19(21)12-6-7-14-10-11-15-8-4-5-9-16(15)13-14/h6-7,10-11,13,21H,4-5,8-9,12H2,1-3H3. The van der Waals surface area contributed by atoms with Gasteiger partial charge in [0.05, 0.1) is 6.54 Å². The van der Waals surface area contributed by atoms with Crippen LogP contribution in [0.3, 0.4) is 0 Å². The lowest BCUT2D eigenvalue weighted by atomic mass is 9.90. The van der Waals surface area contributed by atoms with Crippen LogP contribution in [0, 0.1) is 5.41 Å². The first-order chi connectivity index (χ1) is 9.88. The van der Waals surface area contributed by atoms with E-state index in [2.05, 4.69) is 18.2 Å². The fourth-order valence-corrected chi connectivity index (χ4v) is 2.62. The molecule has 0 aromatic heterocycles. The van der Waals surface area contributed by atoms with E-state index in [0.717, 1.165) is 17.0 Å². The van der Waals surface area contributed by atoms with Crippen LogP contribution >= 0.6 is 0 Å². The van der Waals surface area contributed by atoms with Crippen molar-refractivity contribution in [1.82, 2.24) is 5.06 Å². The zero-order valence-corrected chi connectivity index (χ0v) is 13.2. The molecule has 0 radical (unpaired) electrons. The molecule has 3 heteroatoms. The normalized spacial score (nSPS) is 15.0. The molecule has 1 aromatic carbocycles. The number of nitrogens with zero attached hydrogens (tertiary/aromatic N) is 1. The first-order valence-electron chi connectivity index (χ1n) is 7.67. The summed E-state index contributed by atoms with van der Waals surface area (Å²) in [5.74, 6) is -0.266. The lowest BCUT2D eigenvalue weighted by Crippen LogP contribution is -2.37. The molecule has 1 aliphatic rings. The summed E-state index contributed by atoms with van der Waals surface area (Å²) in [6.07, 6.45) is 8.69. The van der Waals surface area contributed by atoms with Crippen LogP contribution in [-0.4, -0.2) is 22.7 Å². The van der Waals surface area contributed by atoms with Crippen molar-refractivity contribution < 1.29 is 10.0 Å². The smallest absolute Gasteiger partial charge is 0.251 e. The maximum absolute atomic E-state index is 11.8. The Morgan fingerprint density at radius 3 is 2.57 bits per heavy atom. The molecule has 1 aromatic rings. The summed E-state index contributed by atoms with van der Waals surface area (Å²) in [5.41, 5.74) is 3.47. The van der Waals surface area contributed by atoms with Crippen molar-refractivity contribution in [1.29, 1.82) is 0 Å². The number of hydrogen-bond donors (Lipinski definition) is 1. The second-order valence-electron chi connectivity index (χ2n) is 6.77. The van der Waals surface area contributed by atoms with Gasteiger partial charge in [-0.1, -0.05) is 51.1 Å². The molecule has 3 nitrogen and oxygen atoms in total. The average Bonchev–Trinajstić information content (AvgIpc) is 2.45. The van der Waals surface area contributed by atoms with Crippen LogP contribution in [0.2, 0.25) is 0 Å². The van der Waals surface area contributed by atoms with Crippen molar-refractivity contribution in [2.75, 3.05) is 6.54 Å². The van der Waals surface area contributed by atoms with Crippen molar-refractivity contribution in [3.63, 3.8) is 0 Å².